The Morgan fingerprint density at radius 3 is 1.71 bits per heavy atom. The minimum atomic E-state index is -1.39. The molecule has 1 rings (SSSR count). The van der Waals surface area contributed by atoms with E-state index in [1.54, 1.807) is 6.07 Å². The molecule has 4 unspecified atom stereocenters. The quantitative estimate of drug-likeness (QED) is 0.0609. The first-order valence-corrected chi connectivity index (χ1v) is 10.3. The van der Waals surface area contributed by atoms with Crippen molar-refractivity contribution in [2.45, 2.75) is 24.4 Å². The van der Waals surface area contributed by atoms with E-state index in [1.165, 1.54) is 18.2 Å². The summed E-state index contributed by atoms with van der Waals surface area (Å²) in [4.78, 5) is 12.8. The number of aliphatic hydroxyl groups is 8. The minimum Gasteiger partial charge on any atom is -0.490 e. The van der Waals surface area contributed by atoms with Crippen molar-refractivity contribution < 1.29 is 64.6 Å². The molecular weight excluding hydrogens is 460 g/mol. The van der Waals surface area contributed by atoms with Crippen LogP contribution in [0.5, 0.6) is 5.75 Å². The van der Waals surface area contributed by atoms with Gasteiger partial charge in [-0.3, -0.25) is 0 Å². The lowest BCUT2D eigenvalue weighted by molar-refractivity contribution is -0.147. The number of carbonyl (C=O) groups excluding carboxylic acids is 1. The zero-order chi connectivity index (χ0) is 25.5. The molecule has 34 heavy (non-hydrogen) atoms. The number of esters is 1. The summed E-state index contributed by atoms with van der Waals surface area (Å²) in [5, 5.41) is 74.6. The van der Waals surface area contributed by atoms with Crippen molar-refractivity contribution in [2.24, 2.45) is 0 Å². The molecule has 8 N–H and O–H groups in total. The van der Waals surface area contributed by atoms with Gasteiger partial charge in [-0.15, -0.1) is 0 Å². The largest absolute Gasteiger partial charge is 0.490 e. The Bertz CT molecular complexity index is 754. The molecule has 4 atom stereocenters. The second kappa shape index (κ2) is 16.2. The van der Waals surface area contributed by atoms with Crippen molar-refractivity contribution in [1.82, 2.24) is 0 Å². The first-order valence-electron chi connectivity index (χ1n) is 10.3. The highest BCUT2D eigenvalue weighted by Crippen LogP contribution is 2.31. The van der Waals surface area contributed by atoms with Crippen molar-refractivity contribution >= 4 is 11.7 Å². The maximum atomic E-state index is 12.8. The number of hydrogen-bond acceptors (Lipinski definition) is 13. The van der Waals surface area contributed by atoms with Gasteiger partial charge in [0.2, 0.25) is 5.76 Å². The van der Waals surface area contributed by atoms with Gasteiger partial charge in [0.05, 0.1) is 32.0 Å². The van der Waals surface area contributed by atoms with Crippen molar-refractivity contribution in [3.05, 3.63) is 35.6 Å². The molecule has 13 heteroatoms. The van der Waals surface area contributed by atoms with Gasteiger partial charge in [-0.2, -0.15) is 0 Å². The van der Waals surface area contributed by atoms with Crippen LogP contribution in [0, 0.1) is 0 Å². The van der Waals surface area contributed by atoms with Gasteiger partial charge >= 0.3 is 5.97 Å². The molecule has 0 aliphatic rings. The molecule has 0 radical (unpaired) electrons. The zero-order valence-electron chi connectivity index (χ0n) is 18.4. The highest BCUT2D eigenvalue weighted by atomic mass is 16.6. The lowest BCUT2D eigenvalue weighted by atomic mass is 10.1. The van der Waals surface area contributed by atoms with Crippen LogP contribution in [0.1, 0.15) is 5.56 Å². The van der Waals surface area contributed by atoms with Gasteiger partial charge in [0.15, 0.2) is 5.76 Å². The van der Waals surface area contributed by atoms with Gasteiger partial charge in [-0.25, -0.2) is 4.79 Å². The molecule has 0 spiro atoms. The molecule has 0 heterocycles. The molecular formula is C21H32O13. The predicted molar refractivity (Wildman–Crippen MR) is 114 cm³/mol. The van der Waals surface area contributed by atoms with E-state index >= 15 is 0 Å². The van der Waals surface area contributed by atoms with Crippen LogP contribution >= 0.6 is 0 Å². The predicted octanol–water partition coefficient (Wildman–Crippen LogP) is -3.28. The smallest absolute Gasteiger partial charge is 0.377 e. The number of carbonyl (C=O) groups is 1. The summed E-state index contributed by atoms with van der Waals surface area (Å²) >= 11 is 0. The summed E-state index contributed by atoms with van der Waals surface area (Å²) in [5.74, 6) is -2.11. The third-order valence-electron chi connectivity index (χ3n) is 4.04. The summed E-state index contributed by atoms with van der Waals surface area (Å²) in [7, 11) is 0. The molecule has 0 amide bonds. The van der Waals surface area contributed by atoms with Crippen LogP contribution in [0.25, 0.3) is 5.76 Å². The highest BCUT2D eigenvalue weighted by molar-refractivity contribution is 5.94. The minimum absolute atomic E-state index is 0.0653. The van der Waals surface area contributed by atoms with Crippen LogP contribution in [0.4, 0.5) is 0 Å². The van der Waals surface area contributed by atoms with Crippen LogP contribution in [0.2, 0.25) is 0 Å². The molecule has 0 saturated heterocycles. The fourth-order valence-corrected chi connectivity index (χ4v) is 2.26. The van der Waals surface area contributed by atoms with Crippen LogP contribution in [-0.4, -0.2) is 124 Å². The third-order valence-corrected chi connectivity index (χ3v) is 4.04. The highest BCUT2D eigenvalue weighted by Gasteiger charge is 2.27. The number of hydrogen-bond donors (Lipinski definition) is 8. The monoisotopic (exact) mass is 492 g/mol. The van der Waals surface area contributed by atoms with E-state index in [-0.39, 0.29) is 23.7 Å². The van der Waals surface area contributed by atoms with Crippen LogP contribution in [0.3, 0.4) is 0 Å². The normalized spacial score (nSPS) is 15.5. The fourth-order valence-electron chi connectivity index (χ4n) is 2.26. The molecule has 1 aromatic rings. The molecule has 0 aromatic heterocycles. The van der Waals surface area contributed by atoms with Crippen molar-refractivity contribution in [2.75, 3.05) is 52.9 Å². The number of aliphatic hydroxyl groups excluding tert-OH is 8. The van der Waals surface area contributed by atoms with Crippen molar-refractivity contribution in [3.8, 4) is 5.75 Å². The second-order valence-electron chi connectivity index (χ2n) is 7.03. The van der Waals surface area contributed by atoms with Gasteiger partial charge < -0.3 is 59.8 Å². The Labute approximate surface area is 195 Å². The maximum absolute atomic E-state index is 12.8. The molecule has 194 valence electrons. The summed E-state index contributed by atoms with van der Waals surface area (Å²) in [6, 6.07) is 5.99. The van der Waals surface area contributed by atoms with E-state index in [0.29, 0.717) is 0 Å². The molecule has 0 saturated carbocycles. The van der Waals surface area contributed by atoms with Crippen LogP contribution in [0.15, 0.2) is 30.0 Å². The Hall–Kier alpha value is -2.49. The number of rotatable bonds is 17. The van der Waals surface area contributed by atoms with E-state index in [4.69, 9.17) is 39.4 Å². The summed E-state index contributed by atoms with van der Waals surface area (Å²) in [6.07, 6.45) is -5.33. The SMILES string of the molecule is O=C(OCC(O)CO)C(OCC(O)CO)=C(OCC(O)CO)c1ccccc1OCC(O)CO. The molecule has 13 nitrogen and oxygen atoms in total. The van der Waals surface area contributed by atoms with E-state index in [9.17, 15) is 25.2 Å². The Balaban J connectivity index is 3.48. The lowest BCUT2D eigenvalue weighted by Gasteiger charge is -2.21. The summed E-state index contributed by atoms with van der Waals surface area (Å²) < 4.78 is 21.3. The van der Waals surface area contributed by atoms with Crippen LogP contribution < -0.4 is 4.74 Å². The number of benzene rings is 1. The first kappa shape index (κ1) is 29.5. The van der Waals surface area contributed by atoms with Gasteiger partial charge in [-0.1, -0.05) is 12.1 Å². The van der Waals surface area contributed by atoms with Gasteiger partial charge in [-0.05, 0) is 12.1 Å². The summed E-state index contributed by atoms with van der Waals surface area (Å²) in [6.45, 7) is -4.65. The maximum Gasteiger partial charge on any atom is 0.377 e. The van der Waals surface area contributed by atoms with Crippen molar-refractivity contribution in [1.29, 1.82) is 0 Å². The molecule has 1 aromatic carbocycles. The third kappa shape index (κ3) is 10.2. The topological polar surface area (TPSA) is 216 Å². The van der Waals surface area contributed by atoms with Gasteiger partial charge in [0.1, 0.15) is 56.6 Å². The van der Waals surface area contributed by atoms with Gasteiger partial charge in [0, 0.05) is 0 Å². The van der Waals surface area contributed by atoms with E-state index in [0.717, 1.165) is 0 Å². The van der Waals surface area contributed by atoms with Gasteiger partial charge in [0.25, 0.3) is 0 Å². The molecule has 0 fully saturated rings. The molecule has 0 aliphatic carbocycles. The fraction of sp³-hybridized carbons (Fsp3) is 0.571. The zero-order valence-corrected chi connectivity index (χ0v) is 18.4. The average molecular weight is 492 g/mol. The summed E-state index contributed by atoms with van der Waals surface area (Å²) in [5.41, 5.74) is 0.0749. The Kier molecular flexibility index (Phi) is 14.1. The second-order valence-corrected chi connectivity index (χ2v) is 7.03. The van der Waals surface area contributed by atoms with E-state index in [2.05, 4.69) is 0 Å². The van der Waals surface area contributed by atoms with Crippen LogP contribution in [-0.2, 0) is 19.0 Å². The number of ether oxygens (including phenoxy) is 4. The first-order chi connectivity index (χ1) is 16.3. The Morgan fingerprint density at radius 1 is 0.676 bits per heavy atom. The molecule has 0 aliphatic heterocycles. The van der Waals surface area contributed by atoms with E-state index < -0.39 is 82.4 Å². The number of para-hydroxylation sites is 1. The Morgan fingerprint density at radius 2 is 1.15 bits per heavy atom. The van der Waals surface area contributed by atoms with Crippen molar-refractivity contribution in [3.63, 3.8) is 0 Å². The average Bonchev–Trinajstić information content (AvgIpc) is 2.86. The standard InChI is InChI=1S/C21H32O13/c22-5-13(26)9-31-18-4-2-1-3-17(18)19(32-10-14(27)6-23)20(33-11-15(28)7-24)21(30)34-12-16(29)8-25/h1-4,13-16,22-29H,5-12H2. The lowest BCUT2D eigenvalue weighted by Crippen LogP contribution is -2.27. The molecule has 0 bridgehead atoms. The van der Waals surface area contributed by atoms with E-state index in [1.807, 2.05) is 0 Å².